The number of benzene rings is 2. The van der Waals surface area contributed by atoms with Crippen molar-refractivity contribution in [1.29, 1.82) is 0 Å². The van der Waals surface area contributed by atoms with E-state index < -0.39 is 4.92 Å². The van der Waals surface area contributed by atoms with Gasteiger partial charge in [0.05, 0.1) is 4.92 Å². The highest BCUT2D eigenvalue weighted by Crippen LogP contribution is 2.32. The first-order valence-corrected chi connectivity index (χ1v) is 9.50. The van der Waals surface area contributed by atoms with E-state index in [0.717, 1.165) is 31.5 Å². The first kappa shape index (κ1) is 20.3. The maximum absolute atomic E-state index is 12.8. The summed E-state index contributed by atoms with van der Waals surface area (Å²) < 4.78 is 0. The minimum Gasteiger partial charge on any atom is -0.366 e. The molecule has 0 atom stereocenters. The highest BCUT2D eigenvalue weighted by atomic mass is 16.6. The predicted octanol–water partition coefficient (Wildman–Crippen LogP) is 2.83. The lowest BCUT2D eigenvalue weighted by molar-refractivity contribution is -0.384. The van der Waals surface area contributed by atoms with Gasteiger partial charge in [0.15, 0.2) is 0 Å². The molecule has 0 saturated carbocycles. The molecule has 0 aliphatic carbocycles. The smallest absolute Gasteiger partial charge is 0.293 e. The van der Waals surface area contributed by atoms with E-state index in [1.165, 1.54) is 11.0 Å². The molecule has 0 radical (unpaired) electrons. The number of hydrogen-bond donors (Lipinski definition) is 1. The average molecular weight is 396 g/mol. The van der Waals surface area contributed by atoms with Crippen LogP contribution in [0.3, 0.4) is 0 Å². The summed E-state index contributed by atoms with van der Waals surface area (Å²) in [6.07, 6.45) is 2.03. The SMILES string of the molecule is CNC(=O)c1ccc(CN(C)C(=O)c2ccc(N3CCCC3)c([N+](=O)[O-])c2)cc1. The van der Waals surface area contributed by atoms with Crippen molar-refractivity contribution in [2.75, 3.05) is 32.1 Å². The van der Waals surface area contributed by atoms with Crippen molar-refractivity contribution < 1.29 is 14.5 Å². The van der Waals surface area contributed by atoms with E-state index in [4.69, 9.17) is 0 Å². The summed E-state index contributed by atoms with van der Waals surface area (Å²) in [7, 11) is 3.21. The van der Waals surface area contributed by atoms with Crippen molar-refractivity contribution in [2.45, 2.75) is 19.4 Å². The number of rotatable bonds is 6. The first-order valence-electron chi connectivity index (χ1n) is 9.50. The molecule has 2 aromatic rings. The second-order valence-electron chi connectivity index (χ2n) is 7.09. The third-order valence-electron chi connectivity index (χ3n) is 5.08. The van der Waals surface area contributed by atoms with Crippen molar-refractivity contribution in [1.82, 2.24) is 10.2 Å². The Balaban J connectivity index is 1.75. The number of nitro groups is 1. The zero-order valence-electron chi connectivity index (χ0n) is 16.6. The highest BCUT2D eigenvalue weighted by molar-refractivity contribution is 5.96. The van der Waals surface area contributed by atoms with Crippen LogP contribution in [-0.4, -0.2) is 48.8 Å². The normalized spacial score (nSPS) is 13.2. The Hall–Kier alpha value is -3.42. The van der Waals surface area contributed by atoms with Crippen molar-refractivity contribution in [3.8, 4) is 0 Å². The number of nitrogens with zero attached hydrogens (tertiary/aromatic N) is 3. The summed E-state index contributed by atoms with van der Waals surface area (Å²) in [6, 6.07) is 11.6. The number of nitro benzene ring substituents is 1. The molecule has 1 fully saturated rings. The van der Waals surface area contributed by atoms with Crippen LogP contribution in [0.5, 0.6) is 0 Å². The molecule has 0 bridgehead atoms. The van der Waals surface area contributed by atoms with Crippen LogP contribution >= 0.6 is 0 Å². The first-order chi connectivity index (χ1) is 13.9. The van der Waals surface area contributed by atoms with Gasteiger partial charge in [-0.25, -0.2) is 0 Å². The number of amides is 2. The molecule has 0 unspecified atom stereocenters. The van der Waals surface area contributed by atoms with Gasteiger partial charge >= 0.3 is 0 Å². The molecular weight excluding hydrogens is 372 g/mol. The maximum Gasteiger partial charge on any atom is 0.293 e. The average Bonchev–Trinajstić information content (AvgIpc) is 3.27. The molecule has 1 aliphatic rings. The lowest BCUT2D eigenvalue weighted by atomic mass is 10.1. The van der Waals surface area contributed by atoms with Crippen molar-refractivity contribution in [2.24, 2.45) is 0 Å². The zero-order valence-corrected chi connectivity index (χ0v) is 16.6. The summed E-state index contributed by atoms with van der Waals surface area (Å²) in [5.41, 5.74) is 2.21. The minimum atomic E-state index is -0.429. The Morgan fingerprint density at radius 2 is 1.72 bits per heavy atom. The fraction of sp³-hybridized carbons (Fsp3) is 0.333. The number of carbonyl (C=O) groups excluding carboxylic acids is 2. The lowest BCUT2D eigenvalue weighted by Crippen LogP contribution is -2.26. The molecule has 29 heavy (non-hydrogen) atoms. The van der Waals surface area contributed by atoms with Gasteiger partial charge in [0.1, 0.15) is 5.69 Å². The van der Waals surface area contributed by atoms with Gasteiger partial charge in [0, 0.05) is 50.9 Å². The second-order valence-corrected chi connectivity index (χ2v) is 7.09. The summed E-state index contributed by atoms with van der Waals surface area (Å²) in [5, 5.41) is 14.1. The Bertz CT molecular complexity index is 921. The molecule has 1 heterocycles. The van der Waals surface area contributed by atoms with Gasteiger partial charge < -0.3 is 15.1 Å². The van der Waals surface area contributed by atoms with Crippen LogP contribution in [0, 0.1) is 10.1 Å². The van der Waals surface area contributed by atoms with Crippen molar-refractivity contribution in [3.05, 3.63) is 69.3 Å². The van der Waals surface area contributed by atoms with Gasteiger partial charge in [0.25, 0.3) is 17.5 Å². The van der Waals surface area contributed by atoms with Crippen molar-refractivity contribution in [3.63, 3.8) is 0 Å². The molecule has 0 spiro atoms. The van der Waals surface area contributed by atoms with E-state index in [9.17, 15) is 19.7 Å². The third kappa shape index (κ3) is 4.53. The molecule has 3 rings (SSSR count). The van der Waals surface area contributed by atoms with Crippen LogP contribution in [0.4, 0.5) is 11.4 Å². The largest absolute Gasteiger partial charge is 0.366 e. The predicted molar refractivity (Wildman–Crippen MR) is 110 cm³/mol. The fourth-order valence-electron chi connectivity index (χ4n) is 3.50. The number of nitrogens with one attached hydrogen (secondary N) is 1. The second kappa shape index (κ2) is 8.72. The molecular formula is C21H24N4O4. The third-order valence-corrected chi connectivity index (χ3v) is 5.08. The zero-order chi connectivity index (χ0) is 21.0. The quantitative estimate of drug-likeness (QED) is 0.598. The molecule has 2 aromatic carbocycles. The fourth-order valence-corrected chi connectivity index (χ4v) is 3.50. The molecule has 1 N–H and O–H groups in total. The van der Waals surface area contributed by atoms with Gasteiger partial charge in [-0.3, -0.25) is 19.7 Å². The minimum absolute atomic E-state index is 0.0407. The van der Waals surface area contributed by atoms with E-state index >= 15 is 0 Å². The van der Waals surface area contributed by atoms with Crippen molar-refractivity contribution >= 4 is 23.2 Å². The number of hydrogen-bond acceptors (Lipinski definition) is 5. The summed E-state index contributed by atoms with van der Waals surface area (Å²) in [5.74, 6) is -0.470. The highest BCUT2D eigenvalue weighted by Gasteiger charge is 2.24. The van der Waals surface area contributed by atoms with Gasteiger partial charge in [0.2, 0.25) is 0 Å². The lowest BCUT2D eigenvalue weighted by Gasteiger charge is -2.20. The standard InChI is InChI=1S/C21H24N4O4/c1-22-20(26)16-7-5-15(6-8-16)14-23(2)21(27)17-9-10-18(19(13-17)25(28)29)24-11-3-4-12-24/h5-10,13H,3-4,11-12,14H2,1-2H3,(H,22,26). The van der Waals surface area contributed by atoms with Gasteiger partial charge in [-0.2, -0.15) is 0 Å². The van der Waals surface area contributed by atoms with Crippen LogP contribution in [0.2, 0.25) is 0 Å². The van der Waals surface area contributed by atoms with Crippen LogP contribution in [0.15, 0.2) is 42.5 Å². The van der Waals surface area contributed by atoms with Crippen LogP contribution in [0.1, 0.15) is 39.1 Å². The monoisotopic (exact) mass is 396 g/mol. The summed E-state index contributed by atoms with van der Waals surface area (Å²) >= 11 is 0. The van der Waals surface area contributed by atoms with Crippen LogP contribution < -0.4 is 10.2 Å². The van der Waals surface area contributed by atoms with Gasteiger partial charge in [-0.1, -0.05) is 12.1 Å². The molecule has 0 aromatic heterocycles. The van der Waals surface area contributed by atoms with E-state index in [0.29, 0.717) is 17.8 Å². The van der Waals surface area contributed by atoms with E-state index in [1.54, 1.807) is 50.5 Å². The molecule has 1 aliphatic heterocycles. The van der Waals surface area contributed by atoms with E-state index in [-0.39, 0.29) is 23.1 Å². The summed E-state index contributed by atoms with van der Waals surface area (Å²) in [6.45, 7) is 1.91. The Kier molecular flexibility index (Phi) is 6.11. The van der Waals surface area contributed by atoms with Crippen LogP contribution in [-0.2, 0) is 6.54 Å². The maximum atomic E-state index is 12.8. The van der Waals surface area contributed by atoms with E-state index in [1.807, 2.05) is 4.90 Å². The molecule has 1 saturated heterocycles. The molecule has 2 amide bonds. The van der Waals surface area contributed by atoms with E-state index in [2.05, 4.69) is 5.32 Å². The Morgan fingerprint density at radius 1 is 1.10 bits per heavy atom. The number of carbonyl (C=O) groups is 2. The molecule has 8 nitrogen and oxygen atoms in total. The molecule has 152 valence electrons. The Morgan fingerprint density at radius 3 is 2.31 bits per heavy atom. The Labute approximate surface area is 169 Å². The topological polar surface area (TPSA) is 95.8 Å². The number of anilines is 1. The summed E-state index contributed by atoms with van der Waals surface area (Å²) in [4.78, 5) is 39.0. The molecule has 8 heteroatoms. The van der Waals surface area contributed by atoms with Gasteiger partial charge in [-0.15, -0.1) is 0 Å². The van der Waals surface area contributed by atoms with Gasteiger partial charge in [-0.05, 0) is 42.7 Å². The van der Waals surface area contributed by atoms with Crippen LogP contribution in [0.25, 0.3) is 0 Å².